The third-order valence-electron chi connectivity index (χ3n) is 0.818. The van der Waals surface area contributed by atoms with E-state index < -0.39 is 4.92 Å². The molecular formula is C5H4N2O2S. The summed E-state index contributed by atoms with van der Waals surface area (Å²) in [6.45, 7) is 0. The predicted octanol–water partition coefficient (Wildman–Crippen LogP) is 1.39. The van der Waals surface area contributed by atoms with Gasteiger partial charge in [0.05, 0.1) is 16.1 Å². The Morgan fingerprint density at radius 3 is 3.10 bits per heavy atom. The highest BCUT2D eigenvalue weighted by molar-refractivity contribution is 7.07. The summed E-state index contributed by atoms with van der Waals surface area (Å²) in [5.41, 5.74) is 2.25. The maximum Gasteiger partial charge on any atom is 0.236 e. The molecule has 0 aromatic carbocycles. The van der Waals surface area contributed by atoms with Crippen LogP contribution in [0.25, 0.3) is 6.08 Å². The molecule has 0 saturated heterocycles. The molecule has 0 aliphatic carbocycles. The van der Waals surface area contributed by atoms with Crippen LogP contribution in [0.4, 0.5) is 0 Å². The van der Waals surface area contributed by atoms with Gasteiger partial charge in [0.25, 0.3) is 0 Å². The van der Waals surface area contributed by atoms with E-state index in [2.05, 4.69) is 4.98 Å². The predicted molar refractivity (Wildman–Crippen MR) is 38.1 cm³/mol. The van der Waals surface area contributed by atoms with Gasteiger partial charge in [-0.2, -0.15) is 0 Å². The SMILES string of the molecule is O=[N+]([O-])/C=C/c1cscn1. The lowest BCUT2D eigenvalue weighted by Gasteiger charge is -1.76. The van der Waals surface area contributed by atoms with Crippen LogP contribution in [0.5, 0.6) is 0 Å². The first kappa shape index (κ1) is 6.88. The minimum Gasteiger partial charge on any atom is -0.259 e. The van der Waals surface area contributed by atoms with Crippen molar-refractivity contribution in [1.29, 1.82) is 0 Å². The molecule has 1 aromatic rings. The molecular weight excluding hydrogens is 152 g/mol. The second-order valence-electron chi connectivity index (χ2n) is 1.51. The van der Waals surface area contributed by atoms with Crippen LogP contribution < -0.4 is 0 Å². The molecule has 1 aromatic heterocycles. The standard InChI is InChI=1S/C5H4N2O2S/c8-7(9)2-1-5-3-10-4-6-5/h1-4H/b2-1+. The first-order valence-electron chi connectivity index (χ1n) is 2.49. The minimum atomic E-state index is -0.515. The largest absolute Gasteiger partial charge is 0.259 e. The van der Waals surface area contributed by atoms with Gasteiger partial charge < -0.3 is 0 Å². The number of thiazole rings is 1. The zero-order valence-electron chi connectivity index (χ0n) is 4.93. The van der Waals surface area contributed by atoms with Crippen LogP contribution >= 0.6 is 11.3 Å². The topological polar surface area (TPSA) is 56.0 Å². The first-order valence-corrected chi connectivity index (χ1v) is 3.43. The van der Waals surface area contributed by atoms with Crippen molar-refractivity contribution in [1.82, 2.24) is 4.98 Å². The maximum atomic E-state index is 9.79. The highest BCUT2D eigenvalue weighted by atomic mass is 32.1. The van der Waals surface area contributed by atoms with Gasteiger partial charge in [-0.3, -0.25) is 10.1 Å². The Bertz CT molecular complexity index is 242. The number of nitro groups is 1. The zero-order valence-corrected chi connectivity index (χ0v) is 5.75. The Balaban J connectivity index is 2.64. The fourth-order valence-electron chi connectivity index (χ4n) is 0.441. The number of rotatable bonds is 2. The third kappa shape index (κ3) is 1.94. The van der Waals surface area contributed by atoms with Crippen molar-refractivity contribution in [3.63, 3.8) is 0 Å². The number of hydrogen-bond acceptors (Lipinski definition) is 4. The molecule has 4 nitrogen and oxygen atoms in total. The van der Waals surface area contributed by atoms with Crippen molar-refractivity contribution < 1.29 is 4.92 Å². The summed E-state index contributed by atoms with van der Waals surface area (Å²) in [7, 11) is 0. The van der Waals surface area contributed by atoms with Crippen molar-refractivity contribution in [3.8, 4) is 0 Å². The first-order chi connectivity index (χ1) is 4.79. The summed E-state index contributed by atoms with van der Waals surface area (Å²) in [6, 6.07) is 0. The Labute approximate surface area is 61.0 Å². The molecule has 0 fully saturated rings. The lowest BCUT2D eigenvalue weighted by molar-refractivity contribution is -0.401. The molecule has 0 saturated carbocycles. The van der Waals surface area contributed by atoms with E-state index in [4.69, 9.17) is 0 Å². The highest BCUT2D eigenvalue weighted by Crippen LogP contribution is 2.02. The summed E-state index contributed by atoms with van der Waals surface area (Å²) < 4.78 is 0. The van der Waals surface area contributed by atoms with Crippen molar-refractivity contribution >= 4 is 17.4 Å². The quantitative estimate of drug-likeness (QED) is 0.480. The van der Waals surface area contributed by atoms with E-state index in [1.807, 2.05) is 0 Å². The van der Waals surface area contributed by atoms with Gasteiger partial charge in [-0.15, -0.1) is 11.3 Å². The van der Waals surface area contributed by atoms with Gasteiger partial charge in [-0.25, -0.2) is 4.98 Å². The van der Waals surface area contributed by atoms with Crippen LogP contribution in [0.3, 0.4) is 0 Å². The molecule has 0 bridgehead atoms. The van der Waals surface area contributed by atoms with Gasteiger partial charge >= 0.3 is 0 Å². The van der Waals surface area contributed by atoms with Gasteiger partial charge in [0.1, 0.15) is 0 Å². The molecule has 0 amide bonds. The van der Waals surface area contributed by atoms with Crippen molar-refractivity contribution in [2.75, 3.05) is 0 Å². The summed E-state index contributed by atoms with van der Waals surface area (Å²) >= 11 is 1.41. The van der Waals surface area contributed by atoms with Gasteiger partial charge in [-0.05, 0) is 0 Å². The van der Waals surface area contributed by atoms with Gasteiger partial charge in [-0.1, -0.05) is 0 Å². The van der Waals surface area contributed by atoms with E-state index in [-0.39, 0.29) is 0 Å². The Morgan fingerprint density at radius 2 is 2.60 bits per heavy atom. The van der Waals surface area contributed by atoms with Crippen LogP contribution in [0.2, 0.25) is 0 Å². The molecule has 0 unspecified atom stereocenters. The number of hydrogen-bond donors (Lipinski definition) is 0. The van der Waals surface area contributed by atoms with Crippen LogP contribution in [0.1, 0.15) is 5.69 Å². The summed E-state index contributed by atoms with van der Waals surface area (Å²) in [5, 5.41) is 11.5. The lowest BCUT2D eigenvalue weighted by Crippen LogP contribution is -1.81. The highest BCUT2D eigenvalue weighted by Gasteiger charge is 1.89. The summed E-state index contributed by atoms with van der Waals surface area (Å²) in [5.74, 6) is 0. The molecule has 0 spiro atoms. The van der Waals surface area contributed by atoms with Crippen molar-refractivity contribution in [3.05, 3.63) is 32.9 Å². The van der Waals surface area contributed by atoms with Crippen LogP contribution in [-0.2, 0) is 0 Å². The van der Waals surface area contributed by atoms with Gasteiger partial charge in [0.15, 0.2) is 0 Å². The number of aromatic nitrogens is 1. The van der Waals surface area contributed by atoms with E-state index in [1.54, 1.807) is 10.9 Å². The van der Waals surface area contributed by atoms with Gasteiger partial charge in [0.2, 0.25) is 6.20 Å². The normalized spacial score (nSPS) is 10.4. The fourth-order valence-corrected chi connectivity index (χ4v) is 0.964. The smallest absolute Gasteiger partial charge is 0.236 e. The van der Waals surface area contributed by atoms with Crippen molar-refractivity contribution in [2.45, 2.75) is 0 Å². The second kappa shape index (κ2) is 3.07. The molecule has 5 heteroatoms. The second-order valence-corrected chi connectivity index (χ2v) is 2.23. The van der Waals surface area contributed by atoms with E-state index in [1.165, 1.54) is 17.4 Å². The molecule has 0 radical (unpaired) electrons. The molecule has 0 aliphatic heterocycles. The Morgan fingerprint density at radius 1 is 1.80 bits per heavy atom. The van der Waals surface area contributed by atoms with Crippen LogP contribution in [0.15, 0.2) is 17.1 Å². The molecule has 52 valence electrons. The Hall–Kier alpha value is -1.23. The van der Waals surface area contributed by atoms with Crippen LogP contribution in [-0.4, -0.2) is 9.91 Å². The van der Waals surface area contributed by atoms with E-state index in [0.717, 1.165) is 6.20 Å². The Kier molecular flexibility index (Phi) is 2.11. The van der Waals surface area contributed by atoms with Gasteiger partial charge in [0, 0.05) is 11.5 Å². The van der Waals surface area contributed by atoms with Crippen molar-refractivity contribution in [2.24, 2.45) is 0 Å². The van der Waals surface area contributed by atoms with Crippen LogP contribution in [0, 0.1) is 10.1 Å². The van der Waals surface area contributed by atoms with E-state index in [9.17, 15) is 10.1 Å². The third-order valence-corrected chi connectivity index (χ3v) is 1.42. The molecule has 0 N–H and O–H groups in total. The molecule has 1 heterocycles. The lowest BCUT2D eigenvalue weighted by atomic mass is 10.5. The molecule has 1 rings (SSSR count). The summed E-state index contributed by atoms with van der Waals surface area (Å²) in [4.78, 5) is 13.1. The zero-order chi connectivity index (χ0) is 7.40. The minimum absolute atomic E-state index is 0.515. The molecule has 10 heavy (non-hydrogen) atoms. The fraction of sp³-hybridized carbons (Fsp3) is 0. The maximum absolute atomic E-state index is 9.79. The monoisotopic (exact) mass is 156 g/mol. The average Bonchev–Trinajstić information content (AvgIpc) is 2.34. The van der Waals surface area contributed by atoms with E-state index in [0.29, 0.717) is 5.69 Å². The molecule has 0 aliphatic rings. The average molecular weight is 156 g/mol. The summed E-state index contributed by atoms with van der Waals surface area (Å²) in [6.07, 6.45) is 2.23. The van der Waals surface area contributed by atoms with E-state index >= 15 is 0 Å². The number of nitrogens with zero attached hydrogens (tertiary/aromatic N) is 2. The molecule has 0 atom stereocenters.